The predicted octanol–water partition coefficient (Wildman–Crippen LogP) is 3.56. The maximum Gasteiger partial charge on any atom is 0.387 e. The molecule has 0 atom stereocenters. The predicted molar refractivity (Wildman–Crippen MR) is 103 cm³/mol. The Kier molecular flexibility index (Phi) is 8.62. The van der Waals surface area contributed by atoms with Crippen molar-refractivity contribution >= 4 is 18.0 Å². The Bertz CT molecular complexity index is 840. The third-order valence-electron chi connectivity index (χ3n) is 3.57. The summed E-state index contributed by atoms with van der Waals surface area (Å²) in [7, 11) is 0. The number of alkyl halides is 2. The zero-order chi connectivity index (χ0) is 21.1. The van der Waals surface area contributed by atoms with E-state index in [1.54, 1.807) is 6.92 Å². The van der Waals surface area contributed by atoms with Crippen molar-refractivity contribution in [1.29, 1.82) is 0 Å². The van der Waals surface area contributed by atoms with E-state index in [9.17, 15) is 18.4 Å². The van der Waals surface area contributed by atoms with E-state index < -0.39 is 25.1 Å². The van der Waals surface area contributed by atoms with Crippen LogP contribution in [0, 0.1) is 0 Å². The molecule has 1 N–H and O–H groups in total. The van der Waals surface area contributed by atoms with E-state index in [4.69, 9.17) is 9.47 Å². The van der Waals surface area contributed by atoms with Gasteiger partial charge in [-0.1, -0.05) is 36.4 Å². The van der Waals surface area contributed by atoms with Crippen molar-refractivity contribution < 1.29 is 32.6 Å². The summed E-state index contributed by atoms with van der Waals surface area (Å²) in [6.45, 7) is -1.10. The van der Waals surface area contributed by atoms with E-state index in [0.29, 0.717) is 12.1 Å². The second-order valence-electron chi connectivity index (χ2n) is 5.72. The van der Waals surface area contributed by atoms with Gasteiger partial charge in [-0.2, -0.15) is 8.78 Å². The van der Waals surface area contributed by atoms with Crippen LogP contribution in [0.1, 0.15) is 18.1 Å². The third kappa shape index (κ3) is 8.00. The van der Waals surface area contributed by atoms with E-state index in [-0.39, 0.29) is 18.1 Å². The number of halogens is 2. The number of nitrogens with one attached hydrogen (secondary N) is 1. The zero-order valence-corrected chi connectivity index (χ0v) is 15.8. The van der Waals surface area contributed by atoms with E-state index in [0.717, 1.165) is 11.6 Å². The average molecular weight is 405 g/mol. The molecule has 154 valence electrons. The van der Waals surface area contributed by atoms with Gasteiger partial charge in [0, 0.05) is 12.6 Å². The van der Waals surface area contributed by atoms with Crippen molar-refractivity contribution in [2.75, 3.05) is 13.2 Å². The number of hydrogen-bond donors (Lipinski definition) is 1. The molecule has 0 aliphatic carbocycles. The summed E-state index contributed by atoms with van der Waals surface area (Å²) in [6.07, 6.45) is 2.54. The van der Waals surface area contributed by atoms with Gasteiger partial charge in [-0.3, -0.25) is 4.79 Å². The number of benzene rings is 2. The third-order valence-corrected chi connectivity index (χ3v) is 3.57. The van der Waals surface area contributed by atoms with E-state index in [2.05, 4.69) is 10.1 Å². The molecule has 6 nitrogen and oxygen atoms in total. The Hall–Kier alpha value is -3.42. The number of carbonyl (C=O) groups is 2. The lowest BCUT2D eigenvalue weighted by Crippen LogP contribution is -2.28. The van der Waals surface area contributed by atoms with Crippen LogP contribution in [0.15, 0.2) is 54.6 Å². The highest BCUT2D eigenvalue weighted by Gasteiger charge is 2.11. The molecule has 0 saturated heterocycles. The number of carbonyl (C=O) groups excluding carboxylic acids is 2. The van der Waals surface area contributed by atoms with Crippen molar-refractivity contribution in [1.82, 2.24) is 5.32 Å². The number of hydrogen-bond acceptors (Lipinski definition) is 5. The van der Waals surface area contributed by atoms with E-state index >= 15 is 0 Å². The number of ether oxygens (including phenoxy) is 3. The van der Waals surface area contributed by atoms with Crippen molar-refractivity contribution in [3.8, 4) is 11.5 Å². The fraction of sp³-hybridized carbons (Fsp3) is 0.238. The number of esters is 1. The summed E-state index contributed by atoms with van der Waals surface area (Å²) in [5.74, 6) is -1.12. The minimum Gasteiger partial charge on any atom is -0.490 e. The van der Waals surface area contributed by atoms with Crippen LogP contribution < -0.4 is 14.8 Å². The minimum absolute atomic E-state index is 0.100. The van der Waals surface area contributed by atoms with Crippen LogP contribution in [0.2, 0.25) is 0 Å². The highest BCUT2D eigenvalue weighted by Crippen LogP contribution is 2.30. The monoisotopic (exact) mass is 405 g/mol. The van der Waals surface area contributed by atoms with Crippen molar-refractivity contribution in [2.24, 2.45) is 0 Å². The SMILES string of the molecule is CCOc1cc(/C=C/C(=O)OCC(=O)NCc2ccccc2)ccc1OC(F)F. The molecule has 0 unspecified atom stereocenters. The fourth-order valence-corrected chi connectivity index (χ4v) is 2.29. The first-order chi connectivity index (χ1) is 14.0. The van der Waals surface area contributed by atoms with Gasteiger partial charge in [0.2, 0.25) is 0 Å². The maximum absolute atomic E-state index is 12.4. The lowest BCUT2D eigenvalue weighted by atomic mass is 10.2. The van der Waals surface area contributed by atoms with Gasteiger partial charge in [0.25, 0.3) is 5.91 Å². The highest BCUT2D eigenvalue weighted by atomic mass is 19.3. The number of rotatable bonds is 10. The molecule has 0 aliphatic heterocycles. The van der Waals surface area contributed by atoms with Crippen molar-refractivity contribution in [2.45, 2.75) is 20.1 Å². The molecular formula is C21H21F2NO5. The van der Waals surface area contributed by atoms with Crippen LogP contribution in [0.5, 0.6) is 11.5 Å². The van der Waals surface area contributed by atoms with Crippen LogP contribution in [-0.2, 0) is 20.9 Å². The quantitative estimate of drug-likeness (QED) is 0.483. The topological polar surface area (TPSA) is 73.9 Å². The summed E-state index contributed by atoms with van der Waals surface area (Å²) >= 11 is 0. The number of amides is 1. The molecule has 8 heteroatoms. The first-order valence-electron chi connectivity index (χ1n) is 8.85. The maximum atomic E-state index is 12.4. The molecule has 0 radical (unpaired) electrons. The van der Waals surface area contributed by atoms with E-state index in [1.165, 1.54) is 24.3 Å². The van der Waals surface area contributed by atoms with Crippen LogP contribution in [0.3, 0.4) is 0 Å². The molecule has 2 aromatic rings. The molecule has 0 saturated carbocycles. The minimum atomic E-state index is -2.97. The van der Waals surface area contributed by atoms with Crippen LogP contribution >= 0.6 is 0 Å². The Morgan fingerprint density at radius 1 is 1.10 bits per heavy atom. The van der Waals surface area contributed by atoms with Gasteiger partial charge in [-0.15, -0.1) is 0 Å². The lowest BCUT2D eigenvalue weighted by molar-refractivity contribution is -0.143. The Balaban J connectivity index is 1.84. The van der Waals surface area contributed by atoms with Crippen LogP contribution in [0.4, 0.5) is 8.78 Å². The standard InChI is InChI=1S/C21H21F2NO5/c1-2-27-18-12-15(8-10-17(18)29-21(22)23)9-11-20(26)28-14-19(25)24-13-16-6-4-3-5-7-16/h3-12,21H,2,13-14H2,1H3,(H,24,25)/b11-9+. The van der Waals surface area contributed by atoms with Gasteiger partial charge < -0.3 is 19.5 Å². The Labute approximate surface area is 167 Å². The Morgan fingerprint density at radius 2 is 1.86 bits per heavy atom. The van der Waals surface area contributed by atoms with Gasteiger partial charge >= 0.3 is 12.6 Å². The van der Waals surface area contributed by atoms with Crippen LogP contribution in [-0.4, -0.2) is 31.7 Å². The summed E-state index contributed by atoms with van der Waals surface area (Å²) in [6, 6.07) is 13.6. The van der Waals surface area contributed by atoms with Gasteiger partial charge in [0.15, 0.2) is 18.1 Å². The lowest BCUT2D eigenvalue weighted by Gasteiger charge is -2.11. The fourth-order valence-electron chi connectivity index (χ4n) is 2.29. The highest BCUT2D eigenvalue weighted by molar-refractivity contribution is 5.89. The molecule has 0 aliphatic rings. The van der Waals surface area contributed by atoms with E-state index in [1.807, 2.05) is 30.3 Å². The van der Waals surface area contributed by atoms with Crippen molar-refractivity contribution in [3.05, 3.63) is 65.7 Å². The molecule has 0 fully saturated rings. The molecule has 0 heterocycles. The van der Waals surface area contributed by atoms with Gasteiger partial charge in [0.05, 0.1) is 6.61 Å². The van der Waals surface area contributed by atoms with Crippen LogP contribution in [0.25, 0.3) is 6.08 Å². The molecule has 29 heavy (non-hydrogen) atoms. The summed E-state index contributed by atoms with van der Waals surface area (Å²) in [5.41, 5.74) is 1.44. The average Bonchev–Trinajstić information content (AvgIpc) is 2.71. The van der Waals surface area contributed by atoms with Gasteiger partial charge in [-0.25, -0.2) is 4.79 Å². The first kappa shape index (κ1) is 21.9. The normalized spacial score (nSPS) is 10.8. The molecule has 2 rings (SSSR count). The molecule has 1 amide bonds. The first-order valence-corrected chi connectivity index (χ1v) is 8.85. The second-order valence-corrected chi connectivity index (χ2v) is 5.72. The Morgan fingerprint density at radius 3 is 2.55 bits per heavy atom. The summed E-state index contributed by atoms with van der Waals surface area (Å²) in [5, 5.41) is 2.64. The van der Waals surface area contributed by atoms with Gasteiger partial charge in [0.1, 0.15) is 0 Å². The zero-order valence-electron chi connectivity index (χ0n) is 15.8. The summed E-state index contributed by atoms with van der Waals surface area (Å²) in [4.78, 5) is 23.5. The van der Waals surface area contributed by atoms with Crippen molar-refractivity contribution in [3.63, 3.8) is 0 Å². The summed E-state index contributed by atoms with van der Waals surface area (Å²) < 4.78 is 39.3. The molecule has 0 spiro atoms. The largest absolute Gasteiger partial charge is 0.490 e. The second kappa shape index (κ2) is 11.4. The molecular weight excluding hydrogens is 384 g/mol. The molecule has 0 bridgehead atoms. The van der Waals surface area contributed by atoms with Gasteiger partial charge in [-0.05, 0) is 36.3 Å². The smallest absolute Gasteiger partial charge is 0.387 e. The molecule has 2 aromatic carbocycles. The molecule has 0 aromatic heterocycles.